The van der Waals surface area contributed by atoms with Crippen molar-refractivity contribution in [1.82, 2.24) is 14.6 Å². The topological polar surface area (TPSA) is 65.4 Å². The van der Waals surface area contributed by atoms with E-state index in [9.17, 15) is 0 Å². The molecule has 5 heteroatoms. The quantitative estimate of drug-likeness (QED) is 0.777. The Hall–Kier alpha value is -2.30. The molecule has 3 rings (SSSR count). The fraction of sp³-hybridized carbons (Fsp3) is 0.333. The number of aromatic nitrogens is 3. The summed E-state index contributed by atoms with van der Waals surface area (Å²) in [6, 6.07) is 6.00. The minimum atomic E-state index is 0.298. The Labute approximate surface area is 117 Å². The molecular weight excluding hydrogens is 252 g/mol. The SMILES string of the molecule is COc1ccc2c(c1)c(C(C)C)c(N)c1nnc(C)n12. The molecule has 0 aliphatic rings. The lowest BCUT2D eigenvalue weighted by atomic mass is 9.96. The average Bonchev–Trinajstić information content (AvgIpc) is 2.81. The highest BCUT2D eigenvalue weighted by Crippen LogP contribution is 2.35. The molecule has 0 saturated carbocycles. The normalized spacial score (nSPS) is 11.7. The van der Waals surface area contributed by atoms with E-state index in [4.69, 9.17) is 10.5 Å². The van der Waals surface area contributed by atoms with Crippen molar-refractivity contribution in [3.05, 3.63) is 29.6 Å². The number of pyridine rings is 1. The molecule has 0 bridgehead atoms. The van der Waals surface area contributed by atoms with Gasteiger partial charge in [-0.05, 0) is 36.6 Å². The maximum atomic E-state index is 6.33. The first-order valence-electron chi connectivity index (χ1n) is 6.65. The van der Waals surface area contributed by atoms with Crippen LogP contribution in [0.2, 0.25) is 0 Å². The van der Waals surface area contributed by atoms with Crippen LogP contribution in [0.4, 0.5) is 5.69 Å². The van der Waals surface area contributed by atoms with Crippen LogP contribution in [-0.2, 0) is 0 Å². The number of nitrogens with two attached hydrogens (primary N) is 1. The molecule has 2 heterocycles. The van der Waals surface area contributed by atoms with Crippen molar-refractivity contribution >= 4 is 22.2 Å². The molecular formula is C15H18N4O. The maximum Gasteiger partial charge on any atom is 0.184 e. The summed E-state index contributed by atoms with van der Waals surface area (Å²) in [5.41, 5.74) is 9.90. The molecule has 5 nitrogen and oxygen atoms in total. The van der Waals surface area contributed by atoms with Crippen LogP contribution in [-0.4, -0.2) is 21.7 Å². The van der Waals surface area contributed by atoms with Crippen LogP contribution in [0.15, 0.2) is 18.2 Å². The summed E-state index contributed by atoms with van der Waals surface area (Å²) >= 11 is 0. The van der Waals surface area contributed by atoms with Gasteiger partial charge in [-0.25, -0.2) is 0 Å². The van der Waals surface area contributed by atoms with E-state index in [2.05, 4.69) is 24.0 Å². The number of fused-ring (bicyclic) bond motifs is 3. The Kier molecular flexibility index (Phi) is 2.78. The predicted molar refractivity (Wildman–Crippen MR) is 80.3 cm³/mol. The zero-order valence-electron chi connectivity index (χ0n) is 12.1. The molecule has 2 aromatic heterocycles. The predicted octanol–water partition coefficient (Wildman–Crippen LogP) is 2.91. The van der Waals surface area contributed by atoms with Gasteiger partial charge >= 0.3 is 0 Å². The van der Waals surface area contributed by atoms with Gasteiger partial charge in [0.2, 0.25) is 0 Å². The summed E-state index contributed by atoms with van der Waals surface area (Å²) in [6.07, 6.45) is 0. The summed E-state index contributed by atoms with van der Waals surface area (Å²) in [7, 11) is 1.67. The van der Waals surface area contributed by atoms with E-state index in [0.717, 1.165) is 33.7 Å². The molecule has 20 heavy (non-hydrogen) atoms. The van der Waals surface area contributed by atoms with Crippen molar-refractivity contribution in [2.45, 2.75) is 26.7 Å². The highest BCUT2D eigenvalue weighted by atomic mass is 16.5. The van der Waals surface area contributed by atoms with Crippen LogP contribution in [0.5, 0.6) is 5.75 Å². The number of methoxy groups -OCH3 is 1. The fourth-order valence-corrected chi connectivity index (χ4v) is 2.77. The second-order valence-corrected chi connectivity index (χ2v) is 5.27. The van der Waals surface area contributed by atoms with E-state index in [1.54, 1.807) is 7.11 Å². The fourth-order valence-electron chi connectivity index (χ4n) is 2.77. The van der Waals surface area contributed by atoms with Crippen molar-refractivity contribution in [2.75, 3.05) is 12.8 Å². The van der Waals surface area contributed by atoms with Gasteiger partial charge in [0.05, 0.1) is 18.3 Å². The number of benzene rings is 1. The molecule has 0 aliphatic carbocycles. The molecule has 1 aromatic carbocycles. The zero-order valence-corrected chi connectivity index (χ0v) is 12.1. The summed E-state index contributed by atoms with van der Waals surface area (Å²) in [5.74, 6) is 1.95. The van der Waals surface area contributed by atoms with Crippen molar-refractivity contribution in [3.8, 4) is 5.75 Å². The molecule has 0 fully saturated rings. The Morgan fingerprint density at radius 3 is 2.65 bits per heavy atom. The number of anilines is 1. The lowest BCUT2D eigenvalue weighted by Crippen LogP contribution is -2.04. The maximum absolute atomic E-state index is 6.33. The second-order valence-electron chi connectivity index (χ2n) is 5.27. The molecule has 0 aliphatic heterocycles. The number of hydrogen-bond acceptors (Lipinski definition) is 4. The summed E-state index contributed by atoms with van der Waals surface area (Å²) < 4.78 is 7.34. The summed E-state index contributed by atoms with van der Waals surface area (Å²) in [6.45, 7) is 6.19. The number of rotatable bonds is 2. The molecule has 0 spiro atoms. The molecule has 3 aromatic rings. The number of nitrogen functional groups attached to an aromatic ring is 1. The standard InChI is InChI=1S/C15H18N4O/c1-8(2)13-11-7-10(20-4)5-6-12(11)19-9(3)17-18-15(19)14(13)16/h5-8H,16H2,1-4H3. The van der Waals surface area contributed by atoms with E-state index in [-0.39, 0.29) is 0 Å². The summed E-state index contributed by atoms with van der Waals surface area (Å²) in [5, 5.41) is 9.45. The van der Waals surface area contributed by atoms with E-state index in [0.29, 0.717) is 11.6 Å². The Morgan fingerprint density at radius 1 is 1.25 bits per heavy atom. The van der Waals surface area contributed by atoms with Gasteiger partial charge in [-0.2, -0.15) is 0 Å². The Bertz CT molecular complexity index is 805. The second kappa shape index (κ2) is 4.37. The number of hydrogen-bond donors (Lipinski definition) is 1. The van der Waals surface area contributed by atoms with Gasteiger partial charge in [-0.1, -0.05) is 13.8 Å². The molecule has 2 N–H and O–H groups in total. The minimum absolute atomic E-state index is 0.298. The first kappa shape index (κ1) is 12.7. The third-order valence-electron chi connectivity index (χ3n) is 3.67. The minimum Gasteiger partial charge on any atom is -0.497 e. The van der Waals surface area contributed by atoms with Gasteiger partial charge in [-0.15, -0.1) is 10.2 Å². The van der Waals surface area contributed by atoms with Crippen molar-refractivity contribution < 1.29 is 4.74 Å². The van der Waals surface area contributed by atoms with Crippen molar-refractivity contribution in [3.63, 3.8) is 0 Å². The third-order valence-corrected chi connectivity index (χ3v) is 3.67. The molecule has 0 atom stereocenters. The van der Waals surface area contributed by atoms with Gasteiger partial charge in [0.1, 0.15) is 11.6 Å². The largest absolute Gasteiger partial charge is 0.497 e. The van der Waals surface area contributed by atoms with Crippen LogP contribution >= 0.6 is 0 Å². The third kappa shape index (κ3) is 1.62. The van der Waals surface area contributed by atoms with Crippen molar-refractivity contribution in [1.29, 1.82) is 0 Å². The summed E-state index contributed by atoms with van der Waals surface area (Å²) in [4.78, 5) is 0. The molecule has 0 amide bonds. The van der Waals surface area contributed by atoms with Gasteiger partial charge in [0.15, 0.2) is 5.65 Å². The lowest BCUT2D eigenvalue weighted by Gasteiger charge is -2.16. The molecule has 104 valence electrons. The lowest BCUT2D eigenvalue weighted by molar-refractivity contribution is 0.415. The number of aryl methyl sites for hydroxylation is 1. The number of nitrogens with zero attached hydrogens (tertiary/aromatic N) is 3. The first-order valence-corrected chi connectivity index (χ1v) is 6.65. The van der Waals surface area contributed by atoms with Gasteiger partial charge in [-0.3, -0.25) is 4.40 Å². The first-order chi connectivity index (χ1) is 9.54. The van der Waals surface area contributed by atoms with Crippen LogP contribution in [0.25, 0.3) is 16.6 Å². The number of ether oxygens (including phenoxy) is 1. The molecule has 0 radical (unpaired) electrons. The van der Waals surface area contributed by atoms with E-state index < -0.39 is 0 Å². The van der Waals surface area contributed by atoms with Crippen LogP contribution in [0.1, 0.15) is 31.2 Å². The van der Waals surface area contributed by atoms with Crippen molar-refractivity contribution in [2.24, 2.45) is 0 Å². The Morgan fingerprint density at radius 2 is 2.00 bits per heavy atom. The van der Waals surface area contributed by atoms with E-state index in [1.165, 1.54) is 0 Å². The van der Waals surface area contributed by atoms with Gasteiger partial charge in [0, 0.05) is 5.39 Å². The molecule has 0 unspecified atom stereocenters. The highest BCUT2D eigenvalue weighted by Gasteiger charge is 2.18. The smallest absolute Gasteiger partial charge is 0.184 e. The van der Waals surface area contributed by atoms with E-state index >= 15 is 0 Å². The molecule has 0 saturated heterocycles. The Balaban J connectivity index is 2.57. The van der Waals surface area contributed by atoms with Crippen LogP contribution < -0.4 is 10.5 Å². The van der Waals surface area contributed by atoms with Crippen LogP contribution in [0.3, 0.4) is 0 Å². The van der Waals surface area contributed by atoms with Gasteiger partial charge in [0.25, 0.3) is 0 Å². The van der Waals surface area contributed by atoms with Gasteiger partial charge < -0.3 is 10.5 Å². The monoisotopic (exact) mass is 270 g/mol. The van der Waals surface area contributed by atoms with E-state index in [1.807, 2.05) is 29.5 Å². The zero-order chi connectivity index (χ0) is 14.4. The average molecular weight is 270 g/mol. The van der Waals surface area contributed by atoms with Crippen LogP contribution in [0, 0.1) is 6.92 Å². The highest BCUT2D eigenvalue weighted by molar-refractivity contribution is 5.94.